The first-order valence-corrected chi connectivity index (χ1v) is 9.62. The molecule has 3 rings (SSSR count). The van der Waals surface area contributed by atoms with E-state index in [0.717, 1.165) is 21.3 Å². The summed E-state index contributed by atoms with van der Waals surface area (Å²) in [6.45, 7) is 2.43. The van der Waals surface area contributed by atoms with Crippen LogP contribution in [-0.4, -0.2) is 21.2 Å². The summed E-state index contributed by atoms with van der Waals surface area (Å²) in [5, 5.41) is 3.71. The normalized spacial score (nSPS) is 17.3. The van der Waals surface area contributed by atoms with Crippen molar-refractivity contribution in [2.45, 2.75) is 24.2 Å². The van der Waals surface area contributed by atoms with E-state index in [1.54, 1.807) is 12.1 Å². The second-order valence-electron chi connectivity index (χ2n) is 5.52. The molecule has 0 fully saturated rings. The molecule has 24 heavy (non-hydrogen) atoms. The second kappa shape index (κ2) is 6.94. The number of hydrogen-bond donors (Lipinski definition) is 0. The third-order valence-electron chi connectivity index (χ3n) is 3.75. The Labute approximate surface area is 149 Å². The second-order valence-corrected chi connectivity index (χ2v) is 7.97. The summed E-state index contributed by atoms with van der Waals surface area (Å²) in [5.41, 5.74) is 1.94. The molecule has 0 saturated carbocycles. The molecule has 2 aromatic rings. The molecule has 126 valence electrons. The fourth-order valence-electron chi connectivity index (χ4n) is 2.45. The topological polar surface area (TPSA) is 65.0 Å². The molecule has 0 aliphatic carbocycles. The van der Waals surface area contributed by atoms with Gasteiger partial charge in [-0.15, -0.1) is 0 Å². The van der Waals surface area contributed by atoms with Crippen molar-refractivity contribution < 1.29 is 17.4 Å². The maximum Gasteiger partial charge on any atom is 0.358 e. The third-order valence-corrected chi connectivity index (χ3v) is 5.38. The molecule has 2 aromatic carbocycles. The van der Waals surface area contributed by atoms with E-state index in [4.69, 9.17) is 9.02 Å². The van der Waals surface area contributed by atoms with E-state index in [0.29, 0.717) is 13.0 Å². The van der Waals surface area contributed by atoms with Crippen LogP contribution in [0.15, 0.2) is 57.0 Å². The van der Waals surface area contributed by atoms with Crippen LogP contribution in [0.4, 0.5) is 0 Å². The SMILES string of the molecule is Cc1ccc(S(=O)(=O)ON=CC2CCOc3cc(Br)ccc32)cc1. The number of hydrogen-bond acceptors (Lipinski definition) is 5. The largest absolute Gasteiger partial charge is 0.493 e. The van der Waals surface area contributed by atoms with Crippen molar-refractivity contribution in [1.82, 2.24) is 0 Å². The van der Waals surface area contributed by atoms with Crippen LogP contribution in [0.25, 0.3) is 0 Å². The van der Waals surface area contributed by atoms with Crippen molar-refractivity contribution >= 4 is 32.3 Å². The molecule has 0 spiro atoms. The van der Waals surface area contributed by atoms with Crippen LogP contribution in [0.5, 0.6) is 5.75 Å². The Balaban J connectivity index is 1.74. The van der Waals surface area contributed by atoms with Crippen molar-refractivity contribution in [3.8, 4) is 5.75 Å². The number of ether oxygens (including phenoxy) is 1. The van der Waals surface area contributed by atoms with Crippen LogP contribution in [-0.2, 0) is 14.4 Å². The van der Waals surface area contributed by atoms with Gasteiger partial charge in [-0.25, -0.2) is 0 Å². The molecule has 5 nitrogen and oxygen atoms in total. The summed E-state index contributed by atoms with van der Waals surface area (Å²) in [5.74, 6) is 0.725. The van der Waals surface area contributed by atoms with Crippen LogP contribution in [0.1, 0.15) is 23.5 Å². The van der Waals surface area contributed by atoms with E-state index in [1.807, 2.05) is 25.1 Å². The lowest BCUT2D eigenvalue weighted by molar-refractivity contribution is 0.281. The van der Waals surface area contributed by atoms with Crippen LogP contribution < -0.4 is 4.74 Å². The van der Waals surface area contributed by atoms with Gasteiger partial charge in [0.2, 0.25) is 0 Å². The van der Waals surface area contributed by atoms with E-state index in [9.17, 15) is 8.42 Å². The highest BCUT2D eigenvalue weighted by Crippen LogP contribution is 2.34. The van der Waals surface area contributed by atoms with Gasteiger partial charge in [0, 0.05) is 16.0 Å². The lowest BCUT2D eigenvalue weighted by Crippen LogP contribution is -2.15. The Kier molecular flexibility index (Phi) is 4.91. The lowest BCUT2D eigenvalue weighted by Gasteiger charge is -2.23. The van der Waals surface area contributed by atoms with Gasteiger partial charge in [0.1, 0.15) is 10.6 Å². The number of halogens is 1. The Morgan fingerprint density at radius 2 is 2.00 bits per heavy atom. The minimum absolute atomic E-state index is 0.0462. The average Bonchev–Trinajstić information content (AvgIpc) is 2.55. The van der Waals surface area contributed by atoms with Crippen LogP contribution >= 0.6 is 15.9 Å². The smallest absolute Gasteiger partial charge is 0.358 e. The van der Waals surface area contributed by atoms with Crippen molar-refractivity contribution in [3.05, 3.63) is 58.1 Å². The number of oxime groups is 1. The Morgan fingerprint density at radius 3 is 2.75 bits per heavy atom. The molecule has 0 saturated heterocycles. The van der Waals surface area contributed by atoms with Gasteiger partial charge >= 0.3 is 10.1 Å². The lowest BCUT2D eigenvalue weighted by atomic mass is 9.94. The van der Waals surface area contributed by atoms with Gasteiger partial charge in [-0.1, -0.05) is 44.8 Å². The van der Waals surface area contributed by atoms with Crippen molar-refractivity contribution in [3.63, 3.8) is 0 Å². The van der Waals surface area contributed by atoms with E-state index < -0.39 is 10.1 Å². The van der Waals surface area contributed by atoms with Crippen LogP contribution in [0.3, 0.4) is 0 Å². The summed E-state index contributed by atoms with van der Waals surface area (Å²) >= 11 is 3.40. The highest BCUT2D eigenvalue weighted by Gasteiger charge is 2.21. The standard InChI is InChI=1S/C17H16BrNO4S/c1-12-2-5-15(6-3-12)24(20,21)23-19-11-13-8-9-22-17-10-14(18)4-7-16(13)17/h2-7,10-11,13H,8-9H2,1H3. The van der Waals surface area contributed by atoms with E-state index in [1.165, 1.54) is 18.3 Å². The van der Waals surface area contributed by atoms with Gasteiger partial charge in [-0.3, -0.25) is 4.28 Å². The van der Waals surface area contributed by atoms with Crippen molar-refractivity contribution in [2.75, 3.05) is 6.61 Å². The first kappa shape index (κ1) is 17.0. The summed E-state index contributed by atoms with van der Waals surface area (Å²) in [6, 6.07) is 12.2. The highest BCUT2D eigenvalue weighted by atomic mass is 79.9. The summed E-state index contributed by atoms with van der Waals surface area (Å²) in [4.78, 5) is 0.0848. The van der Waals surface area contributed by atoms with Crippen LogP contribution in [0, 0.1) is 6.92 Å². The van der Waals surface area contributed by atoms with Crippen LogP contribution in [0.2, 0.25) is 0 Å². The first-order chi connectivity index (χ1) is 11.5. The molecule has 7 heteroatoms. The monoisotopic (exact) mass is 409 g/mol. The molecule has 1 unspecified atom stereocenters. The van der Waals surface area contributed by atoms with Crippen molar-refractivity contribution in [2.24, 2.45) is 5.16 Å². The molecule has 0 bridgehead atoms. The summed E-state index contributed by atoms with van der Waals surface area (Å²) in [6.07, 6.45) is 2.23. The number of benzene rings is 2. The number of fused-ring (bicyclic) bond motifs is 1. The van der Waals surface area contributed by atoms with E-state index >= 15 is 0 Å². The fraction of sp³-hybridized carbons (Fsp3) is 0.235. The van der Waals surface area contributed by atoms with Gasteiger partial charge < -0.3 is 4.74 Å². The molecule has 0 aromatic heterocycles. The van der Waals surface area contributed by atoms with E-state index in [-0.39, 0.29) is 10.8 Å². The Hall–Kier alpha value is -1.86. The first-order valence-electron chi connectivity index (χ1n) is 7.42. The van der Waals surface area contributed by atoms with Gasteiger partial charge in [-0.05, 0) is 37.6 Å². The zero-order valence-corrected chi connectivity index (χ0v) is 15.4. The van der Waals surface area contributed by atoms with Gasteiger partial charge in [-0.2, -0.15) is 8.42 Å². The Bertz CT molecular complexity index is 863. The molecule has 0 N–H and O–H groups in total. The highest BCUT2D eigenvalue weighted by molar-refractivity contribution is 9.10. The molecule has 1 aliphatic heterocycles. The predicted octanol–water partition coefficient (Wildman–Crippen LogP) is 4.01. The number of rotatable bonds is 4. The van der Waals surface area contributed by atoms with Crippen molar-refractivity contribution in [1.29, 1.82) is 0 Å². The predicted molar refractivity (Wildman–Crippen MR) is 94.9 cm³/mol. The van der Waals surface area contributed by atoms with Gasteiger partial charge in [0.15, 0.2) is 0 Å². The van der Waals surface area contributed by atoms with Gasteiger partial charge in [0.05, 0.1) is 12.8 Å². The zero-order valence-electron chi connectivity index (χ0n) is 13.0. The number of aryl methyl sites for hydroxylation is 1. The molecule has 1 atom stereocenters. The molecular formula is C17H16BrNO4S. The van der Waals surface area contributed by atoms with E-state index in [2.05, 4.69) is 21.1 Å². The molecular weight excluding hydrogens is 394 g/mol. The summed E-state index contributed by atoms with van der Waals surface area (Å²) in [7, 11) is -3.90. The molecule has 1 heterocycles. The number of nitrogens with zero attached hydrogens (tertiary/aromatic N) is 1. The third kappa shape index (κ3) is 3.79. The Morgan fingerprint density at radius 1 is 1.25 bits per heavy atom. The fourth-order valence-corrected chi connectivity index (χ4v) is 3.51. The minimum atomic E-state index is -3.90. The zero-order chi connectivity index (χ0) is 17.2. The molecule has 1 aliphatic rings. The quantitative estimate of drug-likeness (QED) is 0.564. The minimum Gasteiger partial charge on any atom is -0.493 e. The molecule has 0 amide bonds. The average molecular weight is 410 g/mol. The molecule has 0 radical (unpaired) electrons. The van der Waals surface area contributed by atoms with Gasteiger partial charge in [0.25, 0.3) is 0 Å². The maximum absolute atomic E-state index is 12.1. The maximum atomic E-state index is 12.1. The summed E-state index contributed by atoms with van der Waals surface area (Å²) < 4.78 is 35.5.